The summed E-state index contributed by atoms with van der Waals surface area (Å²) in [5.41, 5.74) is 2.23. The first kappa shape index (κ1) is 16.0. The largest absolute Gasteiger partial charge is 0.497 e. The van der Waals surface area contributed by atoms with Crippen molar-refractivity contribution >= 4 is 33.5 Å². The van der Waals surface area contributed by atoms with Crippen molar-refractivity contribution < 1.29 is 18.7 Å². The van der Waals surface area contributed by atoms with Gasteiger partial charge in [0.1, 0.15) is 22.7 Å². The first-order valence-electron chi connectivity index (χ1n) is 8.21. The molecule has 0 aliphatic heterocycles. The van der Waals surface area contributed by atoms with Crippen molar-refractivity contribution in [1.29, 1.82) is 0 Å². The Labute approximate surface area is 150 Å². The number of nitrogens with one attached hydrogen (secondary N) is 1. The lowest BCUT2D eigenvalue weighted by atomic mass is 10.1. The number of para-hydroxylation sites is 1. The quantitative estimate of drug-likeness (QED) is 0.573. The van der Waals surface area contributed by atoms with Crippen LogP contribution in [0.15, 0.2) is 71.1 Å². The molecule has 3 aromatic carbocycles. The van der Waals surface area contributed by atoms with Crippen LogP contribution in [0.4, 0.5) is 5.69 Å². The molecule has 0 aliphatic carbocycles. The molecule has 5 nitrogen and oxygen atoms in total. The third-order valence-electron chi connectivity index (χ3n) is 4.09. The van der Waals surface area contributed by atoms with Crippen molar-refractivity contribution in [2.75, 3.05) is 19.0 Å². The van der Waals surface area contributed by atoms with E-state index in [9.17, 15) is 4.79 Å². The molecule has 0 saturated carbocycles. The molecular formula is C21H17NO4. The van der Waals surface area contributed by atoms with Gasteiger partial charge >= 0.3 is 0 Å². The molecule has 1 N–H and O–H groups in total. The highest BCUT2D eigenvalue weighted by molar-refractivity contribution is 6.06. The van der Waals surface area contributed by atoms with Gasteiger partial charge in [-0.05, 0) is 42.5 Å². The maximum absolute atomic E-state index is 12.1. The Bertz CT molecular complexity index is 1070. The molecule has 0 radical (unpaired) electrons. The van der Waals surface area contributed by atoms with Gasteiger partial charge in [-0.25, -0.2) is 0 Å². The lowest BCUT2D eigenvalue weighted by Gasteiger charge is -2.08. The van der Waals surface area contributed by atoms with E-state index in [0.29, 0.717) is 11.4 Å². The van der Waals surface area contributed by atoms with Crippen molar-refractivity contribution in [2.24, 2.45) is 0 Å². The summed E-state index contributed by atoms with van der Waals surface area (Å²) in [7, 11) is 1.60. The summed E-state index contributed by atoms with van der Waals surface area (Å²) in [4.78, 5) is 12.1. The van der Waals surface area contributed by atoms with Gasteiger partial charge in [0.05, 0.1) is 7.11 Å². The second-order valence-corrected chi connectivity index (χ2v) is 5.82. The number of anilines is 1. The zero-order valence-electron chi connectivity index (χ0n) is 14.2. The third kappa shape index (κ3) is 3.19. The number of carbonyl (C=O) groups excluding carboxylic acids is 1. The molecule has 0 unspecified atom stereocenters. The number of ether oxygens (including phenoxy) is 2. The number of furan rings is 1. The number of carbonyl (C=O) groups is 1. The Hall–Kier alpha value is -3.47. The monoisotopic (exact) mass is 347 g/mol. The van der Waals surface area contributed by atoms with E-state index in [1.54, 1.807) is 31.4 Å². The van der Waals surface area contributed by atoms with E-state index in [2.05, 4.69) is 5.32 Å². The number of benzene rings is 3. The number of rotatable bonds is 5. The predicted octanol–water partition coefficient (Wildman–Crippen LogP) is 4.61. The molecule has 4 aromatic rings. The van der Waals surface area contributed by atoms with Gasteiger partial charge in [-0.3, -0.25) is 4.79 Å². The first-order chi connectivity index (χ1) is 12.7. The molecule has 0 fully saturated rings. The second kappa shape index (κ2) is 6.80. The zero-order valence-corrected chi connectivity index (χ0v) is 14.2. The molecular weight excluding hydrogens is 330 g/mol. The fourth-order valence-electron chi connectivity index (χ4n) is 2.82. The normalized spacial score (nSPS) is 10.8. The number of hydrogen-bond donors (Lipinski definition) is 1. The number of fused-ring (bicyclic) bond motifs is 3. The topological polar surface area (TPSA) is 60.7 Å². The molecule has 4 rings (SSSR count). The fourth-order valence-corrected chi connectivity index (χ4v) is 2.82. The van der Waals surface area contributed by atoms with Crippen LogP contribution < -0.4 is 14.8 Å². The average molecular weight is 347 g/mol. The standard InChI is InChI=1S/C21H17NO4/c1-24-15-7-9-16(10-8-15)25-13-21(23)22-14-6-11-18-17-4-2-3-5-19(17)26-20(18)12-14/h2-12H,13H2,1H3,(H,22,23). The minimum Gasteiger partial charge on any atom is -0.497 e. The maximum atomic E-state index is 12.1. The molecule has 0 spiro atoms. The van der Waals surface area contributed by atoms with Crippen LogP contribution in [0.1, 0.15) is 0 Å². The lowest BCUT2D eigenvalue weighted by Crippen LogP contribution is -2.20. The van der Waals surface area contributed by atoms with Crippen molar-refractivity contribution in [1.82, 2.24) is 0 Å². The van der Waals surface area contributed by atoms with E-state index in [4.69, 9.17) is 13.9 Å². The van der Waals surface area contributed by atoms with Crippen LogP contribution >= 0.6 is 0 Å². The number of methoxy groups -OCH3 is 1. The SMILES string of the molecule is COc1ccc(OCC(=O)Nc2ccc3c(c2)oc2ccccc23)cc1. The summed E-state index contributed by atoms with van der Waals surface area (Å²) >= 11 is 0. The van der Waals surface area contributed by atoms with Crippen molar-refractivity contribution in [2.45, 2.75) is 0 Å². The first-order valence-corrected chi connectivity index (χ1v) is 8.21. The molecule has 1 aromatic heterocycles. The lowest BCUT2D eigenvalue weighted by molar-refractivity contribution is -0.118. The highest BCUT2D eigenvalue weighted by Gasteiger charge is 2.09. The summed E-state index contributed by atoms with van der Waals surface area (Å²) in [6.45, 7) is -0.0789. The van der Waals surface area contributed by atoms with E-state index in [1.165, 1.54) is 0 Å². The summed E-state index contributed by atoms with van der Waals surface area (Å²) in [6.07, 6.45) is 0. The van der Waals surface area contributed by atoms with E-state index < -0.39 is 0 Å². The number of hydrogen-bond acceptors (Lipinski definition) is 4. The van der Waals surface area contributed by atoms with E-state index in [0.717, 1.165) is 27.7 Å². The van der Waals surface area contributed by atoms with E-state index >= 15 is 0 Å². The summed E-state index contributed by atoms with van der Waals surface area (Å²) in [6, 6.07) is 20.5. The predicted molar refractivity (Wildman–Crippen MR) is 101 cm³/mol. The summed E-state index contributed by atoms with van der Waals surface area (Å²) in [5.74, 6) is 1.10. The Balaban J connectivity index is 1.44. The van der Waals surface area contributed by atoms with Gasteiger partial charge in [0, 0.05) is 22.5 Å². The fraction of sp³-hybridized carbons (Fsp3) is 0.0952. The average Bonchev–Trinajstić information content (AvgIpc) is 3.04. The molecule has 1 heterocycles. The van der Waals surface area contributed by atoms with Crippen molar-refractivity contribution in [3.8, 4) is 11.5 Å². The van der Waals surface area contributed by atoms with Crippen LogP contribution in [0, 0.1) is 0 Å². The Morgan fingerprint density at radius 1 is 0.923 bits per heavy atom. The van der Waals surface area contributed by atoms with Crippen molar-refractivity contribution in [3.05, 3.63) is 66.7 Å². The summed E-state index contributed by atoms with van der Waals surface area (Å²) in [5, 5.41) is 4.90. The molecule has 1 amide bonds. The van der Waals surface area contributed by atoms with Gasteiger partial charge in [0.2, 0.25) is 0 Å². The van der Waals surface area contributed by atoms with Gasteiger partial charge in [0.25, 0.3) is 5.91 Å². The Morgan fingerprint density at radius 3 is 2.46 bits per heavy atom. The van der Waals surface area contributed by atoms with Gasteiger partial charge < -0.3 is 19.2 Å². The smallest absolute Gasteiger partial charge is 0.262 e. The van der Waals surface area contributed by atoms with Crippen LogP contribution in [0.2, 0.25) is 0 Å². The minimum absolute atomic E-state index is 0.0789. The van der Waals surface area contributed by atoms with Crippen molar-refractivity contribution in [3.63, 3.8) is 0 Å². The summed E-state index contributed by atoms with van der Waals surface area (Å²) < 4.78 is 16.4. The highest BCUT2D eigenvalue weighted by Crippen LogP contribution is 2.30. The molecule has 26 heavy (non-hydrogen) atoms. The van der Waals surface area contributed by atoms with Gasteiger partial charge in [-0.2, -0.15) is 0 Å². The van der Waals surface area contributed by atoms with Gasteiger partial charge in [-0.1, -0.05) is 18.2 Å². The van der Waals surface area contributed by atoms with Crippen LogP contribution in [-0.2, 0) is 4.79 Å². The van der Waals surface area contributed by atoms with Crippen LogP contribution in [-0.4, -0.2) is 19.6 Å². The molecule has 0 aliphatic rings. The van der Waals surface area contributed by atoms with Crippen LogP contribution in [0.25, 0.3) is 21.9 Å². The van der Waals surface area contributed by atoms with E-state index in [-0.39, 0.29) is 12.5 Å². The molecule has 0 bridgehead atoms. The molecule has 130 valence electrons. The van der Waals surface area contributed by atoms with Crippen LogP contribution in [0.3, 0.4) is 0 Å². The Morgan fingerprint density at radius 2 is 1.65 bits per heavy atom. The second-order valence-electron chi connectivity index (χ2n) is 5.82. The maximum Gasteiger partial charge on any atom is 0.262 e. The van der Waals surface area contributed by atoms with Gasteiger partial charge in [0.15, 0.2) is 6.61 Å². The Kier molecular flexibility index (Phi) is 4.19. The van der Waals surface area contributed by atoms with E-state index in [1.807, 2.05) is 42.5 Å². The number of amides is 1. The van der Waals surface area contributed by atoms with Gasteiger partial charge in [-0.15, -0.1) is 0 Å². The highest BCUT2D eigenvalue weighted by atomic mass is 16.5. The zero-order chi connectivity index (χ0) is 17.9. The van der Waals surface area contributed by atoms with Crippen LogP contribution in [0.5, 0.6) is 11.5 Å². The molecule has 0 saturated heterocycles. The minimum atomic E-state index is -0.240. The molecule has 0 atom stereocenters. The molecule has 5 heteroatoms. The third-order valence-corrected chi connectivity index (χ3v) is 4.09.